The molecule has 0 aliphatic heterocycles. The van der Waals surface area contributed by atoms with E-state index in [2.05, 4.69) is 4.98 Å². The van der Waals surface area contributed by atoms with E-state index in [0.29, 0.717) is 12.3 Å². The summed E-state index contributed by atoms with van der Waals surface area (Å²) in [5.74, 6) is -2.33. The number of halogens is 4. The van der Waals surface area contributed by atoms with Gasteiger partial charge in [0.15, 0.2) is 6.10 Å². The van der Waals surface area contributed by atoms with Crippen LogP contribution in [-0.2, 0) is 15.8 Å². The van der Waals surface area contributed by atoms with Gasteiger partial charge in [-0.1, -0.05) is 11.6 Å². The van der Waals surface area contributed by atoms with Crippen LogP contribution in [0.25, 0.3) is 0 Å². The van der Waals surface area contributed by atoms with Crippen LogP contribution in [0.5, 0.6) is 17.4 Å². The first kappa shape index (κ1) is 22.2. The first-order chi connectivity index (χ1) is 13.5. The Bertz CT molecular complexity index is 892. The number of pyridine rings is 1. The second kappa shape index (κ2) is 8.97. The number of hydrogen-bond acceptors (Lipinski definition) is 6. The van der Waals surface area contributed by atoms with Crippen molar-refractivity contribution in [3.8, 4) is 17.4 Å². The Morgan fingerprint density at radius 2 is 1.79 bits per heavy atom. The predicted molar refractivity (Wildman–Crippen MR) is 92.6 cm³/mol. The summed E-state index contributed by atoms with van der Waals surface area (Å²) in [6.45, 7) is 1.33. The first-order valence-electron chi connectivity index (χ1n) is 7.86. The van der Waals surface area contributed by atoms with Crippen LogP contribution in [0.4, 0.5) is 13.2 Å². The van der Waals surface area contributed by atoms with Crippen molar-refractivity contribution in [2.45, 2.75) is 25.4 Å². The third-order valence-electron chi connectivity index (χ3n) is 3.37. The SMILES string of the molecule is CC(Oc1ccc(Oc2ncc(C(F)(F)F)cc2Cl)cc1)C(=O)NC(O)C(=O)O. The second-order valence-electron chi connectivity index (χ2n) is 5.59. The van der Waals surface area contributed by atoms with E-state index in [4.69, 9.17) is 31.3 Å². The highest BCUT2D eigenvalue weighted by Crippen LogP contribution is 2.34. The van der Waals surface area contributed by atoms with E-state index in [1.54, 1.807) is 0 Å². The zero-order valence-electron chi connectivity index (χ0n) is 14.6. The third-order valence-corrected chi connectivity index (χ3v) is 3.64. The highest BCUT2D eigenvalue weighted by Gasteiger charge is 2.31. The topological polar surface area (TPSA) is 118 Å². The minimum absolute atomic E-state index is 0.185. The molecule has 12 heteroatoms. The molecule has 0 fully saturated rings. The fourth-order valence-corrected chi connectivity index (χ4v) is 2.13. The van der Waals surface area contributed by atoms with Crippen LogP contribution in [0.15, 0.2) is 36.5 Å². The second-order valence-corrected chi connectivity index (χ2v) is 6.00. The van der Waals surface area contributed by atoms with Crippen molar-refractivity contribution in [3.05, 3.63) is 47.1 Å². The maximum atomic E-state index is 12.6. The summed E-state index contributed by atoms with van der Waals surface area (Å²) >= 11 is 5.77. The highest BCUT2D eigenvalue weighted by molar-refractivity contribution is 6.31. The maximum Gasteiger partial charge on any atom is 0.417 e. The van der Waals surface area contributed by atoms with Crippen molar-refractivity contribution in [2.75, 3.05) is 0 Å². The molecule has 2 aromatic rings. The van der Waals surface area contributed by atoms with Crippen LogP contribution < -0.4 is 14.8 Å². The molecule has 0 bridgehead atoms. The number of alkyl halides is 3. The van der Waals surface area contributed by atoms with E-state index >= 15 is 0 Å². The lowest BCUT2D eigenvalue weighted by molar-refractivity contribution is -0.152. The standard InChI is InChI=1S/C17H14ClF3N2O6/c1-8(13(24)23-14(25)16(26)27)28-10-2-4-11(5-3-10)29-15-12(18)6-9(7-22-15)17(19,20)21/h2-8,14,25H,1H3,(H,23,24)(H,26,27). The Kier molecular flexibility index (Phi) is 6.88. The Balaban J connectivity index is 2.00. The monoisotopic (exact) mass is 434 g/mol. The molecule has 1 heterocycles. The van der Waals surface area contributed by atoms with Crippen LogP contribution in [-0.4, -0.2) is 39.4 Å². The molecule has 0 radical (unpaired) electrons. The summed E-state index contributed by atoms with van der Waals surface area (Å²) in [4.78, 5) is 25.8. The Morgan fingerprint density at radius 3 is 2.31 bits per heavy atom. The van der Waals surface area contributed by atoms with E-state index < -0.39 is 35.9 Å². The molecule has 0 spiro atoms. The van der Waals surface area contributed by atoms with E-state index in [1.807, 2.05) is 5.32 Å². The van der Waals surface area contributed by atoms with Crippen molar-refractivity contribution in [1.29, 1.82) is 0 Å². The minimum atomic E-state index is -4.59. The van der Waals surface area contributed by atoms with Crippen molar-refractivity contribution in [2.24, 2.45) is 0 Å². The quantitative estimate of drug-likeness (QED) is 0.573. The van der Waals surface area contributed by atoms with E-state index in [1.165, 1.54) is 31.2 Å². The lowest BCUT2D eigenvalue weighted by atomic mass is 10.3. The number of ether oxygens (including phenoxy) is 2. The van der Waals surface area contributed by atoms with Gasteiger partial charge in [0.2, 0.25) is 12.1 Å². The van der Waals surface area contributed by atoms with Gasteiger partial charge in [0, 0.05) is 6.20 Å². The van der Waals surface area contributed by atoms with Gasteiger partial charge >= 0.3 is 12.1 Å². The van der Waals surface area contributed by atoms with Crippen LogP contribution in [0, 0.1) is 0 Å². The number of amides is 1. The summed E-state index contributed by atoms with van der Waals surface area (Å²) in [6.07, 6.45) is -7.19. The lowest BCUT2D eigenvalue weighted by Gasteiger charge is -2.16. The van der Waals surface area contributed by atoms with Crippen molar-refractivity contribution >= 4 is 23.5 Å². The zero-order chi connectivity index (χ0) is 21.8. The molecule has 2 rings (SSSR count). The molecule has 29 heavy (non-hydrogen) atoms. The molecule has 8 nitrogen and oxygen atoms in total. The molecule has 3 N–H and O–H groups in total. The van der Waals surface area contributed by atoms with Crippen molar-refractivity contribution < 1.29 is 42.4 Å². The first-order valence-corrected chi connectivity index (χ1v) is 8.23. The molecule has 0 saturated carbocycles. The molecule has 0 aliphatic rings. The van der Waals surface area contributed by atoms with Crippen LogP contribution in [0.2, 0.25) is 5.02 Å². The number of nitrogens with zero attached hydrogens (tertiary/aromatic N) is 1. The van der Waals surface area contributed by atoms with Gasteiger partial charge < -0.3 is 25.0 Å². The molecular formula is C17H14ClF3N2O6. The predicted octanol–water partition coefficient (Wildman–Crippen LogP) is 2.83. The summed E-state index contributed by atoms with van der Waals surface area (Å²) < 4.78 is 48.5. The minimum Gasteiger partial charge on any atom is -0.481 e. The molecule has 0 aliphatic carbocycles. The molecule has 1 amide bonds. The highest BCUT2D eigenvalue weighted by atomic mass is 35.5. The van der Waals surface area contributed by atoms with Crippen molar-refractivity contribution in [1.82, 2.24) is 10.3 Å². The van der Waals surface area contributed by atoms with E-state index in [9.17, 15) is 22.8 Å². The number of aliphatic hydroxyl groups is 1. The van der Waals surface area contributed by atoms with Crippen molar-refractivity contribution in [3.63, 3.8) is 0 Å². The van der Waals surface area contributed by atoms with Gasteiger partial charge in [0.25, 0.3) is 5.91 Å². The number of aliphatic carboxylic acids is 1. The van der Waals surface area contributed by atoms with Gasteiger partial charge in [0.05, 0.1) is 5.56 Å². The normalized spacial score (nSPS) is 13.3. The average Bonchev–Trinajstić information content (AvgIpc) is 2.63. The van der Waals surface area contributed by atoms with Crippen LogP contribution in [0.3, 0.4) is 0 Å². The van der Waals surface area contributed by atoms with Gasteiger partial charge in [-0.15, -0.1) is 0 Å². The fourth-order valence-electron chi connectivity index (χ4n) is 1.92. The summed E-state index contributed by atoms with van der Waals surface area (Å²) in [5.41, 5.74) is -1.01. The average molecular weight is 435 g/mol. The summed E-state index contributed by atoms with van der Waals surface area (Å²) in [5, 5.41) is 19.1. The number of aliphatic hydroxyl groups excluding tert-OH is 1. The summed E-state index contributed by atoms with van der Waals surface area (Å²) in [6, 6.07) is 6.26. The Morgan fingerprint density at radius 1 is 1.21 bits per heavy atom. The molecule has 1 aromatic carbocycles. The molecule has 0 saturated heterocycles. The van der Waals surface area contributed by atoms with E-state index in [0.717, 1.165) is 0 Å². The number of carbonyl (C=O) groups excluding carboxylic acids is 1. The van der Waals surface area contributed by atoms with Crippen LogP contribution in [0.1, 0.15) is 12.5 Å². The van der Waals surface area contributed by atoms with E-state index in [-0.39, 0.29) is 22.4 Å². The Hall–Kier alpha value is -3.05. The third kappa shape index (κ3) is 6.22. The van der Waals surface area contributed by atoms with Crippen LogP contribution >= 0.6 is 11.6 Å². The smallest absolute Gasteiger partial charge is 0.417 e. The van der Waals surface area contributed by atoms with Gasteiger partial charge in [-0.3, -0.25) is 4.79 Å². The molecule has 156 valence electrons. The Labute approximate surface area is 166 Å². The van der Waals surface area contributed by atoms with Gasteiger partial charge in [0.1, 0.15) is 16.5 Å². The molecule has 2 atom stereocenters. The number of carbonyl (C=O) groups is 2. The fraction of sp³-hybridized carbons (Fsp3) is 0.235. The largest absolute Gasteiger partial charge is 0.481 e. The molecular weight excluding hydrogens is 421 g/mol. The summed E-state index contributed by atoms with van der Waals surface area (Å²) in [7, 11) is 0. The number of nitrogens with one attached hydrogen (secondary N) is 1. The maximum absolute atomic E-state index is 12.6. The number of carboxylic acid groups (broad SMARTS) is 1. The number of rotatable bonds is 7. The number of aromatic nitrogens is 1. The number of carboxylic acids is 1. The van der Waals surface area contributed by atoms with Gasteiger partial charge in [-0.25, -0.2) is 9.78 Å². The van der Waals surface area contributed by atoms with Gasteiger partial charge in [-0.05, 0) is 37.3 Å². The number of hydrogen-bond donors (Lipinski definition) is 3. The molecule has 1 aromatic heterocycles. The lowest BCUT2D eigenvalue weighted by Crippen LogP contribution is -2.46. The zero-order valence-corrected chi connectivity index (χ0v) is 15.4. The number of benzene rings is 1. The molecule has 2 unspecified atom stereocenters. The van der Waals surface area contributed by atoms with Gasteiger partial charge in [-0.2, -0.15) is 13.2 Å².